The Kier molecular flexibility index (Phi) is 4.53. The maximum Gasteiger partial charge on any atom is 0.137 e. The molecule has 2 aromatic rings. The summed E-state index contributed by atoms with van der Waals surface area (Å²) in [5, 5.41) is 11.5. The molecule has 0 amide bonds. The quantitative estimate of drug-likeness (QED) is 0.925. The zero-order chi connectivity index (χ0) is 14.0. The molecule has 3 nitrogen and oxygen atoms in total. The molecule has 0 aliphatic heterocycles. The van der Waals surface area contributed by atoms with E-state index in [1.807, 2.05) is 0 Å². The molecule has 0 fully saturated rings. The van der Waals surface area contributed by atoms with Crippen LogP contribution >= 0.6 is 34.8 Å². The van der Waals surface area contributed by atoms with Crippen molar-refractivity contribution in [2.24, 2.45) is 0 Å². The third-order valence-electron chi connectivity index (χ3n) is 2.59. The molecule has 0 radical (unpaired) electrons. The zero-order valence-electron chi connectivity index (χ0n) is 9.90. The molecule has 1 heterocycles. The van der Waals surface area contributed by atoms with Gasteiger partial charge in [0.2, 0.25) is 0 Å². The molecule has 1 unspecified atom stereocenters. The highest BCUT2D eigenvalue weighted by molar-refractivity contribution is 6.34. The highest BCUT2D eigenvalue weighted by Gasteiger charge is 2.17. The van der Waals surface area contributed by atoms with Crippen LogP contribution in [0.5, 0.6) is 5.75 Å². The Morgan fingerprint density at radius 2 is 1.89 bits per heavy atom. The molecular weight excluding hydrogens is 309 g/mol. The first-order chi connectivity index (χ1) is 9.02. The zero-order valence-corrected chi connectivity index (χ0v) is 12.2. The van der Waals surface area contributed by atoms with E-state index in [0.29, 0.717) is 32.1 Å². The largest absolute Gasteiger partial charge is 0.495 e. The lowest BCUT2D eigenvalue weighted by molar-refractivity contribution is 0.215. The van der Waals surface area contributed by atoms with Gasteiger partial charge in [-0.3, -0.25) is 4.98 Å². The van der Waals surface area contributed by atoms with Crippen molar-refractivity contribution in [3.05, 3.63) is 56.8 Å². The van der Waals surface area contributed by atoms with Crippen molar-refractivity contribution in [2.75, 3.05) is 7.11 Å². The van der Waals surface area contributed by atoms with E-state index in [9.17, 15) is 5.11 Å². The van der Waals surface area contributed by atoms with Crippen molar-refractivity contribution in [3.63, 3.8) is 0 Å². The van der Waals surface area contributed by atoms with Crippen LogP contribution in [-0.2, 0) is 0 Å². The van der Waals surface area contributed by atoms with E-state index >= 15 is 0 Å². The van der Waals surface area contributed by atoms with Crippen molar-refractivity contribution in [2.45, 2.75) is 6.10 Å². The number of aliphatic hydroxyl groups excluding tert-OH is 1. The molecule has 0 aliphatic rings. The van der Waals surface area contributed by atoms with Gasteiger partial charge in [-0.2, -0.15) is 0 Å². The minimum atomic E-state index is -0.976. The summed E-state index contributed by atoms with van der Waals surface area (Å²) in [6.45, 7) is 0. The number of aromatic nitrogens is 1. The maximum absolute atomic E-state index is 10.3. The van der Waals surface area contributed by atoms with E-state index in [0.717, 1.165) is 0 Å². The molecule has 19 heavy (non-hydrogen) atoms. The lowest BCUT2D eigenvalue weighted by Crippen LogP contribution is -2.03. The molecule has 0 saturated heterocycles. The number of rotatable bonds is 3. The fourth-order valence-electron chi connectivity index (χ4n) is 1.63. The Balaban J connectivity index is 2.40. The van der Waals surface area contributed by atoms with Gasteiger partial charge in [0.25, 0.3) is 0 Å². The molecule has 0 saturated carbocycles. The predicted molar refractivity (Wildman–Crippen MR) is 76.3 cm³/mol. The summed E-state index contributed by atoms with van der Waals surface area (Å²) < 4.78 is 5.10. The highest BCUT2D eigenvalue weighted by atomic mass is 35.5. The second-order valence-corrected chi connectivity index (χ2v) is 5.07. The number of halogens is 3. The highest BCUT2D eigenvalue weighted by Crippen LogP contribution is 2.32. The lowest BCUT2D eigenvalue weighted by Gasteiger charge is -2.14. The second-order valence-electron chi connectivity index (χ2n) is 3.82. The summed E-state index contributed by atoms with van der Waals surface area (Å²) in [7, 11) is 1.50. The smallest absolute Gasteiger partial charge is 0.137 e. The van der Waals surface area contributed by atoms with E-state index in [4.69, 9.17) is 39.5 Å². The Morgan fingerprint density at radius 3 is 2.53 bits per heavy atom. The second kappa shape index (κ2) is 5.97. The van der Waals surface area contributed by atoms with Crippen LogP contribution in [0.3, 0.4) is 0 Å². The van der Waals surface area contributed by atoms with Gasteiger partial charge in [0.15, 0.2) is 0 Å². The van der Waals surface area contributed by atoms with Crippen LogP contribution < -0.4 is 4.74 Å². The van der Waals surface area contributed by atoms with Gasteiger partial charge in [-0.1, -0.05) is 40.9 Å². The normalized spacial score (nSPS) is 12.3. The molecule has 1 aromatic heterocycles. The van der Waals surface area contributed by atoms with Gasteiger partial charge in [0.05, 0.1) is 27.9 Å². The van der Waals surface area contributed by atoms with Gasteiger partial charge in [-0.05, 0) is 23.8 Å². The molecule has 0 bridgehead atoms. The van der Waals surface area contributed by atoms with Crippen molar-refractivity contribution < 1.29 is 9.84 Å². The van der Waals surface area contributed by atoms with Crippen LogP contribution in [0.25, 0.3) is 0 Å². The number of ether oxygens (including phenoxy) is 1. The molecule has 0 aliphatic carbocycles. The first-order valence-electron chi connectivity index (χ1n) is 5.35. The fourth-order valence-corrected chi connectivity index (χ4v) is 2.31. The number of pyridine rings is 1. The number of hydrogen-bond donors (Lipinski definition) is 1. The van der Waals surface area contributed by atoms with E-state index in [1.165, 1.54) is 19.4 Å². The Morgan fingerprint density at radius 1 is 1.16 bits per heavy atom. The van der Waals surface area contributed by atoms with Gasteiger partial charge >= 0.3 is 0 Å². The Bertz CT molecular complexity index is 604. The summed E-state index contributed by atoms with van der Waals surface area (Å²) in [4.78, 5) is 4.04. The fraction of sp³-hybridized carbons (Fsp3) is 0.154. The summed E-state index contributed by atoms with van der Waals surface area (Å²) in [6.07, 6.45) is 0.454. The van der Waals surface area contributed by atoms with Crippen LogP contribution in [-0.4, -0.2) is 17.2 Å². The van der Waals surface area contributed by atoms with E-state index in [2.05, 4.69) is 4.98 Å². The number of benzene rings is 1. The molecule has 100 valence electrons. The first kappa shape index (κ1) is 14.4. The SMILES string of the molecule is COc1cc(C(O)c2ncc(Cl)cc2Cl)ccc1Cl. The van der Waals surface area contributed by atoms with Gasteiger partial charge in [0, 0.05) is 6.20 Å². The third-order valence-corrected chi connectivity index (χ3v) is 3.41. The van der Waals surface area contributed by atoms with Crippen molar-refractivity contribution in [3.8, 4) is 5.75 Å². The van der Waals surface area contributed by atoms with Crippen LogP contribution in [0.1, 0.15) is 17.4 Å². The van der Waals surface area contributed by atoms with Gasteiger partial charge < -0.3 is 9.84 Å². The summed E-state index contributed by atoms with van der Waals surface area (Å²) >= 11 is 17.7. The predicted octanol–water partition coefficient (Wildman–Crippen LogP) is 4.13. The molecule has 1 aromatic carbocycles. The average molecular weight is 319 g/mol. The van der Waals surface area contributed by atoms with Gasteiger partial charge in [-0.25, -0.2) is 0 Å². The monoisotopic (exact) mass is 317 g/mol. The Hall–Kier alpha value is -1.000. The van der Waals surface area contributed by atoms with E-state index in [1.54, 1.807) is 18.2 Å². The first-order valence-corrected chi connectivity index (χ1v) is 6.48. The average Bonchev–Trinajstić information content (AvgIpc) is 2.38. The molecule has 6 heteroatoms. The van der Waals surface area contributed by atoms with Gasteiger partial charge in [0.1, 0.15) is 11.9 Å². The van der Waals surface area contributed by atoms with E-state index in [-0.39, 0.29) is 0 Å². The summed E-state index contributed by atoms with van der Waals surface area (Å²) in [6, 6.07) is 6.49. The van der Waals surface area contributed by atoms with Crippen LogP contribution in [0.2, 0.25) is 15.1 Å². The number of aliphatic hydroxyl groups is 1. The molecule has 2 rings (SSSR count). The molecular formula is C13H10Cl3NO2. The number of methoxy groups -OCH3 is 1. The van der Waals surface area contributed by atoms with Crippen LogP contribution in [0.15, 0.2) is 30.5 Å². The van der Waals surface area contributed by atoms with Crippen molar-refractivity contribution in [1.29, 1.82) is 0 Å². The van der Waals surface area contributed by atoms with Crippen molar-refractivity contribution in [1.82, 2.24) is 4.98 Å². The summed E-state index contributed by atoms with van der Waals surface area (Å²) in [5.74, 6) is 0.475. The molecule has 1 atom stereocenters. The number of hydrogen-bond acceptors (Lipinski definition) is 3. The summed E-state index contributed by atoms with van der Waals surface area (Å²) in [5.41, 5.74) is 0.911. The maximum atomic E-state index is 10.3. The van der Waals surface area contributed by atoms with E-state index < -0.39 is 6.10 Å². The molecule has 1 N–H and O–H groups in total. The number of nitrogens with zero attached hydrogens (tertiary/aromatic N) is 1. The van der Waals surface area contributed by atoms with Crippen LogP contribution in [0.4, 0.5) is 0 Å². The van der Waals surface area contributed by atoms with Crippen LogP contribution in [0, 0.1) is 0 Å². The lowest BCUT2D eigenvalue weighted by atomic mass is 10.1. The Labute approximate surface area is 125 Å². The third kappa shape index (κ3) is 3.12. The minimum absolute atomic E-state index is 0.300. The van der Waals surface area contributed by atoms with Gasteiger partial charge in [-0.15, -0.1) is 0 Å². The topological polar surface area (TPSA) is 42.4 Å². The van der Waals surface area contributed by atoms with Crippen molar-refractivity contribution >= 4 is 34.8 Å². The molecule has 0 spiro atoms. The standard InChI is InChI=1S/C13H10Cl3NO2/c1-19-11-4-7(2-3-9(11)15)13(18)12-10(16)5-8(14)6-17-12/h2-6,13,18H,1H3. The minimum Gasteiger partial charge on any atom is -0.495 e.